The molecule has 0 bridgehead atoms. The van der Waals surface area contributed by atoms with Gasteiger partial charge in [0.25, 0.3) is 0 Å². The third kappa shape index (κ3) is 6.87. The molecule has 3 atom stereocenters. The maximum Gasteiger partial charge on any atom is 0.330 e. The zero-order valence-electron chi connectivity index (χ0n) is 21.2. The summed E-state index contributed by atoms with van der Waals surface area (Å²) in [6, 6.07) is 0.194. The van der Waals surface area contributed by atoms with E-state index in [1.54, 1.807) is 17.9 Å². The Morgan fingerprint density at radius 3 is 2.44 bits per heavy atom. The molecule has 36 heavy (non-hydrogen) atoms. The van der Waals surface area contributed by atoms with Crippen molar-refractivity contribution in [3.63, 3.8) is 0 Å². The highest BCUT2D eigenvalue weighted by molar-refractivity contribution is 5.86. The molecule has 0 amide bonds. The van der Waals surface area contributed by atoms with E-state index < -0.39 is 35.4 Å². The van der Waals surface area contributed by atoms with E-state index in [-0.39, 0.29) is 23.7 Å². The van der Waals surface area contributed by atoms with Crippen molar-refractivity contribution in [2.24, 2.45) is 5.11 Å². The molecule has 0 radical (unpaired) electrons. The maximum atomic E-state index is 15.5. The van der Waals surface area contributed by atoms with Gasteiger partial charge in [0.05, 0.1) is 13.2 Å². The summed E-state index contributed by atoms with van der Waals surface area (Å²) < 4.78 is 50.4. The third-order valence-electron chi connectivity index (χ3n) is 6.01. The lowest BCUT2D eigenvalue weighted by atomic mass is 9.82. The summed E-state index contributed by atoms with van der Waals surface area (Å²) in [5.74, 6) is -2.36. The van der Waals surface area contributed by atoms with Crippen LogP contribution in [0.4, 0.5) is 13.2 Å². The van der Waals surface area contributed by atoms with Gasteiger partial charge in [-0.1, -0.05) is 18.7 Å². The molecular weight excluding hydrogens is 469 g/mol. The molecule has 1 aromatic carbocycles. The minimum atomic E-state index is -1.65. The number of hydrogen-bond acceptors (Lipinski definition) is 6. The molecule has 3 unspecified atom stereocenters. The zero-order valence-corrected chi connectivity index (χ0v) is 21.2. The molecule has 1 aliphatic heterocycles. The summed E-state index contributed by atoms with van der Waals surface area (Å²) in [7, 11) is 1.20. The molecule has 0 aliphatic carbocycles. The summed E-state index contributed by atoms with van der Waals surface area (Å²) in [6.45, 7) is 10.2. The minimum absolute atomic E-state index is 0.0831. The first kappa shape index (κ1) is 28.9. The third-order valence-corrected chi connectivity index (χ3v) is 6.01. The van der Waals surface area contributed by atoms with Gasteiger partial charge in [0.2, 0.25) is 0 Å². The Morgan fingerprint density at radius 2 is 1.97 bits per heavy atom. The first-order valence-corrected chi connectivity index (χ1v) is 11.5. The van der Waals surface area contributed by atoms with Crippen LogP contribution in [0.1, 0.15) is 51.3 Å². The molecule has 2 N–H and O–H groups in total. The highest BCUT2D eigenvalue weighted by Gasteiger charge is 2.39. The molecule has 1 heterocycles. The normalized spacial score (nSPS) is 20.4. The Kier molecular flexibility index (Phi) is 9.69. The molecule has 2 rings (SSSR count). The molecular formula is C27H33F3N4O2. The Morgan fingerprint density at radius 1 is 1.36 bits per heavy atom. The zero-order chi connectivity index (χ0) is 27.2. The van der Waals surface area contributed by atoms with Gasteiger partial charge >= 0.3 is 5.97 Å². The Balaban J connectivity index is 2.76. The first-order valence-electron chi connectivity index (χ1n) is 11.5. The molecule has 0 saturated heterocycles. The fraction of sp³-hybridized carbons (Fsp3) is 0.407. The van der Waals surface area contributed by atoms with E-state index >= 15 is 8.78 Å². The fourth-order valence-corrected chi connectivity index (χ4v) is 4.37. The van der Waals surface area contributed by atoms with Gasteiger partial charge in [-0.05, 0) is 74.6 Å². The Bertz CT molecular complexity index is 1090. The molecule has 1 aromatic rings. The summed E-state index contributed by atoms with van der Waals surface area (Å²) in [5.41, 5.74) is 7.37. The van der Waals surface area contributed by atoms with Crippen molar-refractivity contribution in [3.05, 3.63) is 76.4 Å². The second-order valence-corrected chi connectivity index (χ2v) is 9.42. The number of ether oxygens (including phenoxy) is 1. The summed E-state index contributed by atoms with van der Waals surface area (Å²) >= 11 is 0. The van der Waals surface area contributed by atoms with E-state index in [1.807, 2.05) is 6.92 Å². The summed E-state index contributed by atoms with van der Waals surface area (Å²) in [6.07, 6.45) is 7.06. The van der Waals surface area contributed by atoms with Crippen LogP contribution >= 0.6 is 0 Å². The lowest BCUT2D eigenvalue weighted by Gasteiger charge is -2.44. The van der Waals surface area contributed by atoms with Crippen molar-refractivity contribution < 1.29 is 22.7 Å². The fourth-order valence-electron chi connectivity index (χ4n) is 4.37. The van der Waals surface area contributed by atoms with Gasteiger partial charge in [-0.2, -0.15) is 5.11 Å². The molecule has 0 spiro atoms. The quantitative estimate of drug-likeness (QED) is 0.165. The first-order chi connectivity index (χ1) is 16.9. The average Bonchev–Trinajstić information content (AvgIpc) is 2.79. The predicted octanol–water partition coefficient (Wildman–Crippen LogP) is 6.51. The number of methoxy groups -OCH3 is 1. The van der Waals surface area contributed by atoms with E-state index in [0.717, 1.165) is 30.0 Å². The summed E-state index contributed by atoms with van der Waals surface area (Å²) in [5, 5.41) is 10.9. The number of hydrogen-bond donors (Lipinski definition) is 2. The number of alkyl halides is 1. The molecule has 6 nitrogen and oxygen atoms in total. The number of nitrogens with zero attached hydrogens (tertiary/aromatic N) is 2. The number of esters is 1. The largest absolute Gasteiger partial charge is 0.466 e. The standard InChI is InChI=1S/C27H33F3N4O2/c1-7-20-19(10-16(2)23(14-31)33-32)11-17(3)34(15-27(4,5)30)26(20)25-21(28)12-18(13-22(25)29)8-9-24(35)36-6/h7-10,12-14,17,23,26,31-32H,1,11,15H2,2-6H3/b9-8+,16-10+,31-14?,33-32?. The topological polar surface area (TPSA) is 89.6 Å². The highest BCUT2D eigenvalue weighted by Crippen LogP contribution is 2.43. The van der Waals surface area contributed by atoms with Crippen molar-refractivity contribution >= 4 is 18.3 Å². The van der Waals surface area contributed by atoms with Crippen LogP contribution in [0, 0.1) is 22.6 Å². The second kappa shape index (κ2) is 12.1. The van der Waals surface area contributed by atoms with Gasteiger partial charge in [-0.3, -0.25) is 4.90 Å². The predicted molar refractivity (Wildman–Crippen MR) is 135 cm³/mol. The van der Waals surface area contributed by atoms with Crippen molar-refractivity contribution in [2.75, 3.05) is 13.7 Å². The van der Waals surface area contributed by atoms with Crippen LogP contribution in [0.5, 0.6) is 0 Å². The van der Waals surface area contributed by atoms with Crippen molar-refractivity contribution in [3.8, 4) is 0 Å². The molecule has 0 fully saturated rings. The monoisotopic (exact) mass is 502 g/mol. The van der Waals surface area contributed by atoms with Crippen LogP contribution < -0.4 is 0 Å². The number of carbonyl (C=O) groups is 1. The number of allylic oxidation sites excluding steroid dienone is 1. The Hall–Kier alpha value is -3.33. The lowest BCUT2D eigenvalue weighted by molar-refractivity contribution is -0.134. The molecule has 0 aromatic heterocycles. The van der Waals surface area contributed by atoms with Gasteiger partial charge in [-0.25, -0.2) is 23.5 Å². The van der Waals surface area contributed by atoms with Gasteiger partial charge in [0, 0.05) is 30.4 Å². The number of carbonyl (C=O) groups excluding carboxylic acids is 1. The number of nitrogens with one attached hydrogen (secondary N) is 2. The van der Waals surface area contributed by atoms with Crippen molar-refractivity contribution in [1.29, 1.82) is 10.9 Å². The average molecular weight is 503 g/mol. The second-order valence-electron chi connectivity index (χ2n) is 9.42. The smallest absolute Gasteiger partial charge is 0.330 e. The number of rotatable bonds is 10. The SMILES string of the molecule is C=CC1=C(/C=C(\C)C(C=N)N=N)CC(C)N(CC(C)(C)F)C1c1c(F)cc(/C=C/C(=O)OC)cc1F. The maximum absolute atomic E-state index is 15.5. The summed E-state index contributed by atoms with van der Waals surface area (Å²) in [4.78, 5) is 13.1. The molecule has 194 valence electrons. The van der Waals surface area contributed by atoms with Gasteiger partial charge in [0.1, 0.15) is 23.3 Å². The van der Waals surface area contributed by atoms with Crippen LogP contribution in [-0.2, 0) is 9.53 Å². The van der Waals surface area contributed by atoms with Crippen LogP contribution in [0.3, 0.4) is 0 Å². The van der Waals surface area contributed by atoms with E-state index in [9.17, 15) is 9.18 Å². The van der Waals surface area contributed by atoms with E-state index in [1.165, 1.54) is 33.1 Å². The van der Waals surface area contributed by atoms with Gasteiger partial charge in [0.15, 0.2) is 0 Å². The molecule has 0 saturated carbocycles. The van der Waals surface area contributed by atoms with E-state index in [0.29, 0.717) is 17.6 Å². The molecule has 9 heteroatoms. The minimum Gasteiger partial charge on any atom is -0.466 e. The van der Waals surface area contributed by atoms with Crippen LogP contribution in [0.15, 0.2) is 58.8 Å². The Labute approximate surface area is 210 Å². The molecule has 1 aliphatic rings. The van der Waals surface area contributed by atoms with Crippen molar-refractivity contribution in [1.82, 2.24) is 4.90 Å². The lowest BCUT2D eigenvalue weighted by Crippen LogP contribution is -2.47. The van der Waals surface area contributed by atoms with Crippen LogP contribution in [-0.4, -0.2) is 48.5 Å². The van der Waals surface area contributed by atoms with Crippen molar-refractivity contribution in [2.45, 2.75) is 57.9 Å². The van der Waals surface area contributed by atoms with Crippen LogP contribution in [0.2, 0.25) is 0 Å². The number of halogens is 3. The highest BCUT2D eigenvalue weighted by atomic mass is 19.1. The van der Waals surface area contributed by atoms with Gasteiger partial charge < -0.3 is 10.1 Å². The van der Waals surface area contributed by atoms with E-state index in [4.69, 9.17) is 10.9 Å². The van der Waals surface area contributed by atoms with Crippen LogP contribution in [0.25, 0.3) is 6.08 Å². The van der Waals surface area contributed by atoms with E-state index in [2.05, 4.69) is 16.4 Å². The number of benzene rings is 1. The van der Waals surface area contributed by atoms with Gasteiger partial charge in [-0.15, -0.1) is 0 Å².